The molecule has 0 amide bonds. The average molecular weight is 679 g/mol. The maximum absolute atomic E-state index is 12.3. The SMILES string of the molecule is CCCCCCCCCCCCCCCCCCCCCCCCCCCCc1ccc(C(=O)OC[C@@H](O)[C@@H](O)[C@H](O)[C@@H](O)CO)cc1. The quantitative estimate of drug-likeness (QED) is 0.0364. The van der Waals surface area contributed by atoms with Crippen molar-refractivity contribution in [2.75, 3.05) is 13.2 Å². The van der Waals surface area contributed by atoms with Gasteiger partial charge >= 0.3 is 5.97 Å². The number of hydrogen-bond acceptors (Lipinski definition) is 7. The fourth-order valence-corrected chi connectivity index (χ4v) is 6.36. The van der Waals surface area contributed by atoms with E-state index in [2.05, 4.69) is 6.92 Å². The van der Waals surface area contributed by atoms with E-state index in [0.29, 0.717) is 5.56 Å². The number of aryl methyl sites for hydroxylation is 1. The second kappa shape index (κ2) is 31.5. The number of benzene rings is 1. The fraction of sp³-hybridized carbons (Fsp3) is 0.829. The Morgan fingerprint density at radius 3 is 1.21 bits per heavy atom. The lowest BCUT2D eigenvalue weighted by Crippen LogP contribution is -2.47. The number of rotatable bonds is 34. The molecule has 48 heavy (non-hydrogen) atoms. The van der Waals surface area contributed by atoms with Crippen LogP contribution in [0, 0.1) is 0 Å². The monoisotopic (exact) mass is 679 g/mol. The van der Waals surface area contributed by atoms with Gasteiger partial charge < -0.3 is 30.3 Å². The number of hydrogen-bond donors (Lipinski definition) is 5. The molecular formula is C41H74O7. The van der Waals surface area contributed by atoms with Crippen molar-refractivity contribution < 1.29 is 35.1 Å². The number of unbranched alkanes of at least 4 members (excludes halogenated alkanes) is 25. The van der Waals surface area contributed by atoms with Crippen molar-refractivity contribution in [2.24, 2.45) is 0 Å². The maximum atomic E-state index is 12.3. The van der Waals surface area contributed by atoms with Gasteiger partial charge in [0.1, 0.15) is 31.0 Å². The predicted molar refractivity (Wildman–Crippen MR) is 197 cm³/mol. The summed E-state index contributed by atoms with van der Waals surface area (Å²) in [7, 11) is 0. The second-order valence-corrected chi connectivity index (χ2v) is 14.2. The molecule has 4 atom stereocenters. The Morgan fingerprint density at radius 2 is 0.854 bits per heavy atom. The molecule has 0 aromatic heterocycles. The Balaban J connectivity index is 1.88. The van der Waals surface area contributed by atoms with E-state index in [1.807, 2.05) is 12.1 Å². The maximum Gasteiger partial charge on any atom is 0.338 e. The molecule has 0 heterocycles. The van der Waals surface area contributed by atoms with Gasteiger partial charge in [0.2, 0.25) is 0 Å². The third kappa shape index (κ3) is 23.8. The molecule has 1 rings (SSSR count). The molecule has 0 saturated carbocycles. The fourth-order valence-electron chi connectivity index (χ4n) is 6.36. The standard InChI is InChI=1S/C41H74O7/c1-2-3-4-5-6-7-8-9-10-11-12-13-14-15-16-17-18-19-20-21-22-23-24-25-26-27-28-35-29-31-36(32-30-35)41(47)48-34-38(44)40(46)39(45)37(43)33-42/h29-32,37-40,42-46H,2-28,33-34H2,1H3/t37-,38+,39+,40+/m0/s1. The van der Waals surface area contributed by atoms with Gasteiger partial charge in [0.15, 0.2) is 0 Å². The second-order valence-electron chi connectivity index (χ2n) is 14.2. The topological polar surface area (TPSA) is 127 Å². The zero-order valence-corrected chi connectivity index (χ0v) is 30.7. The highest BCUT2D eigenvalue weighted by molar-refractivity contribution is 5.89. The summed E-state index contributed by atoms with van der Waals surface area (Å²) in [6.07, 6.45) is 30.4. The molecule has 0 aliphatic rings. The molecular weight excluding hydrogens is 604 g/mol. The first-order chi connectivity index (χ1) is 23.4. The van der Waals surface area contributed by atoms with Crippen LogP contribution in [0.1, 0.15) is 190 Å². The lowest BCUT2D eigenvalue weighted by molar-refractivity contribution is -0.124. The summed E-state index contributed by atoms with van der Waals surface area (Å²) in [5.41, 5.74) is 1.49. The van der Waals surface area contributed by atoms with Crippen LogP contribution in [0.5, 0.6) is 0 Å². The Hall–Kier alpha value is -1.51. The minimum absolute atomic E-state index is 0.335. The first-order valence-corrected chi connectivity index (χ1v) is 20.0. The van der Waals surface area contributed by atoms with Crippen LogP contribution in [-0.2, 0) is 11.2 Å². The van der Waals surface area contributed by atoms with Crippen LogP contribution in [0.4, 0.5) is 0 Å². The smallest absolute Gasteiger partial charge is 0.338 e. The van der Waals surface area contributed by atoms with Crippen molar-refractivity contribution in [3.8, 4) is 0 Å². The Labute approximate surface area is 293 Å². The molecule has 7 nitrogen and oxygen atoms in total. The molecule has 280 valence electrons. The van der Waals surface area contributed by atoms with Gasteiger partial charge in [-0.05, 0) is 30.5 Å². The van der Waals surface area contributed by atoms with Gasteiger partial charge in [-0.25, -0.2) is 4.79 Å². The van der Waals surface area contributed by atoms with Gasteiger partial charge in [-0.1, -0.05) is 180 Å². The van der Waals surface area contributed by atoms with E-state index in [1.54, 1.807) is 12.1 Å². The minimum atomic E-state index is -1.76. The number of carbonyl (C=O) groups excluding carboxylic acids is 1. The summed E-state index contributed by atoms with van der Waals surface area (Å²) in [6.45, 7) is 0.978. The normalized spacial score (nSPS) is 14.1. The number of esters is 1. The highest BCUT2D eigenvalue weighted by Crippen LogP contribution is 2.17. The van der Waals surface area contributed by atoms with Crippen molar-refractivity contribution in [1.82, 2.24) is 0 Å². The van der Waals surface area contributed by atoms with Crippen LogP contribution in [0.2, 0.25) is 0 Å². The molecule has 0 bridgehead atoms. The van der Waals surface area contributed by atoms with E-state index < -0.39 is 43.6 Å². The third-order valence-corrected chi connectivity index (χ3v) is 9.72. The summed E-state index contributed by atoms with van der Waals surface area (Å²) in [5, 5.41) is 47.6. The van der Waals surface area contributed by atoms with Crippen molar-refractivity contribution >= 4 is 5.97 Å². The van der Waals surface area contributed by atoms with Crippen LogP contribution in [0.15, 0.2) is 24.3 Å². The Morgan fingerprint density at radius 1 is 0.521 bits per heavy atom. The summed E-state index contributed by atoms with van der Waals surface area (Å²) < 4.78 is 5.03. The van der Waals surface area contributed by atoms with E-state index >= 15 is 0 Å². The Bertz CT molecular complexity index is 846. The molecule has 0 unspecified atom stereocenters. The summed E-state index contributed by atoms with van der Waals surface area (Å²) >= 11 is 0. The van der Waals surface area contributed by atoms with Crippen LogP contribution in [0.3, 0.4) is 0 Å². The van der Waals surface area contributed by atoms with Gasteiger partial charge in [-0.3, -0.25) is 0 Å². The summed E-state index contributed by atoms with van der Waals surface area (Å²) in [4.78, 5) is 12.3. The number of carbonyl (C=O) groups is 1. The highest BCUT2D eigenvalue weighted by Gasteiger charge is 2.30. The van der Waals surface area contributed by atoms with Crippen molar-refractivity contribution in [3.05, 3.63) is 35.4 Å². The molecule has 0 radical (unpaired) electrons. The predicted octanol–water partition coefficient (Wildman–Crippen LogP) is 8.98. The van der Waals surface area contributed by atoms with Gasteiger partial charge in [0, 0.05) is 0 Å². The molecule has 0 aliphatic heterocycles. The molecule has 1 aromatic carbocycles. The number of ether oxygens (including phenoxy) is 1. The van der Waals surface area contributed by atoms with Crippen molar-refractivity contribution in [3.63, 3.8) is 0 Å². The van der Waals surface area contributed by atoms with E-state index in [1.165, 1.54) is 161 Å². The third-order valence-electron chi connectivity index (χ3n) is 9.72. The largest absolute Gasteiger partial charge is 0.459 e. The van der Waals surface area contributed by atoms with Crippen LogP contribution < -0.4 is 0 Å². The van der Waals surface area contributed by atoms with Crippen molar-refractivity contribution in [2.45, 2.75) is 205 Å². The van der Waals surface area contributed by atoms with Crippen LogP contribution in [0.25, 0.3) is 0 Å². The highest BCUT2D eigenvalue weighted by atomic mass is 16.5. The average Bonchev–Trinajstić information content (AvgIpc) is 3.11. The molecule has 0 spiro atoms. The van der Waals surface area contributed by atoms with Gasteiger partial charge in [-0.15, -0.1) is 0 Å². The van der Waals surface area contributed by atoms with Gasteiger partial charge in [-0.2, -0.15) is 0 Å². The van der Waals surface area contributed by atoms with E-state index in [-0.39, 0.29) is 0 Å². The molecule has 0 aliphatic carbocycles. The lowest BCUT2D eigenvalue weighted by Gasteiger charge is -2.25. The van der Waals surface area contributed by atoms with E-state index in [4.69, 9.17) is 9.84 Å². The molecule has 7 heteroatoms. The van der Waals surface area contributed by atoms with E-state index in [9.17, 15) is 25.2 Å². The van der Waals surface area contributed by atoms with E-state index in [0.717, 1.165) is 18.4 Å². The minimum Gasteiger partial charge on any atom is -0.459 e. The molecule has 0 fully saturated rings. The Kier molecular flexibility index (Phi) is 29.2. The first-order valence-electron chi connectivity index (χ1n) is 20.0. The van der Waals surface area contributed by atoms with Gasteiger partial charge in [0.05, 0.1) is 12.2 Å². The summed E-state index contributed by atoms with van der Waals surface area (Å²) in [5.74, 6) is -0.648. The van der Waals surface area contributed by atoms with Gasteiger partial charge in [0.25, 0.3) is 0 Å². The zero-order valence-electron chi connectivity index (χ0n) is 30.7. The van der Waals surface area contributed by atoms with Crippen molar-refractivity contribution in [1.29, 1.82) is 0 Å². The zero-order chi connectivity index (χ0) is 35.1. The number of aliphatic hydroxyl groups is 5. The molecule has 1 aromatic rings. The van der Waals surface area contributed by atoms with Crippen LogP contribution >= 0.6 is 0 Å². The first kappa shape index (κ1) is 44.5. The molecule has 0 saturated heterocycles. The molecule has 5 N–H and O–H groups in total. The number of aliphatic hydroxyl groups excluding tert-OH is 5. The van der Waals surface area contributed by atoms with Crippen LogP contribution in [-0.4, -0.2) is 69.1 Å². The summed E-state index contributed by atoms with van der Waals surface area (Å²) in [6, 6.07) is 7.18. The lowest BCUT2D eigenvalue weighted by atomic mass is 10.0.